The third-order valence-corrected chi connectivity index (χ3v) is 2.74. The van der Waals surface area contributed by atoms with Crippen LogP contribution in [0.15, 0.2) is 18.2 Å². The van der Waals surface area contributed by atoms with Gasteiger partial charge in [0.1, 0.15) is 0 Å². The number of hydrogen-bond acceptors (Lipinski definition) is 4. The summed E-state index contributed by atoms with van der Waals surface area (Å²) in [7, 11) is 0. The van der Waals surface area contributed by atoms with E-state index < -0.39 is 10.7 Å². The number of nitrogens with zero attached hydrogens (tertiary/aromatic N) is 1. The van der Waals surface area contributed by atoms with E-state index in [9.17, 15) is 14.5 Å². The van der Waals surface area contributed by atoms with Gasteiger partial charge in [0.25, 0.3) is 5.69 Å². The summed E-state index contributed by atoms with van der Waals surface area (Å²) in [4.78, 5) is 9.85. The second-order valence-electron chi connectivity index (χ2n) is 3.95. The highest BCUT2D eigenvalue weighted by atomic mass is 19.1. The van der Waals surface area contributed by atoms with Gasteiger partial charge in [0.15, 0.2) is 5.82 Å². The Hall–Kier alpha value is -1.69. The molecular weight excluding hydrogens is 227 g/mol. The zero-order chi connectivity index (χ0) is 12.3. The molecule has 1 aromatic rings. The fourth-order valence-corrected chi connectivity index (χ4v) is 1.80. The Kier molecular flexibility index (Phi) is 3.53. The van der Waals surface area contributed by atoms with Gasteiger partial charge in [-0.1, -0.05) is 0 Å². The molecule has 17 heavy (non-hydrogen) atoms. The van der Waals surface area contributed by atoms with Crippen LogP contribution in [0.3, 0.4) is 0 Å². The average Bonchev–Trinajstić information content (AvgIpc) is 2.33. The molecule has 1 N–H and O–H groups in total. The van der Waals surface area contributed by atoms with Crippen molar-refractivity contribution in [1.29, 1.82) is 0 Å². The molecule has 1 heterocycles. The van der Waals surface area contributed by atoms with Crippen molar-refractivity contribution in [3.05, 3.63) is 34.1 Å². The van der Waals surface area contributed by atoms with Crippen LogP contribution in [0, 0.1) is 15.9 Å². The molecule has 0 unspecified atom stereocenters. The van der Waals surface area contributed by atoms with E-state index in [1.54, 1.807) is 0 Å². The second-order valence-corrected chi connectivity index (χ2v) is 3.95. The Morgan fingerprint density at radius 2 is 2.12 bits per heavy atom. The first-order valence-electron chi connectivity index (χ1n) is 5.45. The average molecular weight is 240 g/mol. The molecule has 1 aliphatic rings. The second kappa shape index (κ2) is 5.09. The molecule has 0 atom stereocenters. The van der Waals surface area contributed by atoms with Gasteiger partial charge in [0.2, 0.25) is 0 Å². The maximum Gasteiger partial charge on any atom is 0.272 e. The number of non-ortho nitro benzene ring substituents is 1. The van der Waals surface area contributed by atoms with Gasteiger partial charge in [-0.05, 0) is 18.9 Å². The summed E-state index contributed by atoms with van der Waals surface area (Å²) >= 11 is 0. The molecule has 0 bridgehead atoms. The van der Waals surface area contributed by atoms with Crippen molar-refractivity contribution < 1.29 is 14.1 Å². The monoisotopic (exact) mass is 240 g/mol. The zero-order valence-electron chi connectivity index (χ0n) is 9.19. The number of hydrogen-bond donors (Lipinski definition) is 1. The summed E-state index contributed by atoms with van der Waals surface area (Å²) in [6, 6.07) is 3.80. The molecule has 0 spiro atoms. The van der Waals surface area contributed by atoms with Crippen LogP contribution in [-0.2, 0) is 4.74 Å². The van der Waals surface area contributed by atoms with E-state index >= 15 is 0 Å². The lowest BCUT2D eigenvalue weighted by atomic mass is 10.1. The predicted octanol–water partition coefficient (Wildman–Crippen LogP) is 2.32. The van der Waals surface area contributed by atoms with Crippen LogP contribution in [-0.4, -0.2) is 24.2 Å². The van der Waals surface area contributed by atoms with E-state index in [-0.39, 0.29) is 11.7 Å². The van der Waals surface area contributed by atoms with Crippen molar-refractivity contribution in [2.75, 3.05) is 18.5 Å². The van der Waals surface area contributed by atoms with Gasteiger partial charge in [0, 0.05) is 25.3 Å². The molecular formula is C11H13FN2O3. The van der Waals surface area contributed by atoms with Crippen LogP contribution < -0.4 is 5.32 Å². The Labute approximate surface area is 97.7 Å². The fourth-order valence-electron chi connectivity index (χ4n) is 1.80. The number of ether oxygens (including phenoxy) is 1. The summed E-state index contributed by atoms with van der Waals surface area (Å²) in [6.45, 7) is 1.32. The molecule has 6 heteroatoms. The molecule has 1 fully saturated rings. The van der Waals surface area contributed by atoms with E-state index in [0.29, 0.717) is 18.9 Å². The van der Waals surface area contributed by atoms with Crippen LogP contribution in [0.5, 0.6) is 0 Å². The SMILES string of the molecule is O=[N+]([O-])c1ccc(NC2CCOCC2)c(F)c1. The van der Waals surface area contributed by atoms with Crippen molar-refractivity contribution in [2.24, 2.45) is 0 Å². The number of nitro groups is 1. The number of nitro benzene ring substituents is 1. The quantitative estimate of drug-likeness (QED) is 0.650. The first-order valence-corrected chi connectivity index (χ1v) is 5.45. The fraction of sp³-hybridized carbons (Fsp3) is 0.455. The standard InChI is InChI=1S/C11H13FN2O3/c12-10-7-9(14(15)16)1-2-11(10)13-8-3-5-17-6-4-8/h1-2,7-8,13H,3-6H2. The summed E-state index contributed by atoms with van der Waals surface area (Å²) in [5.74, 6) is -0.592. The topological polar surface area (TPSA) is 64.4 Å². The van der Waals surface area contributed by atoms with Crippen LogP contribution in [0.4, 0.5) is 15.8 Å². The molecule has 92 valence electrons. The smallest absolute Gasteiger partial charge is 0.272 e. The number of anilines is 1. The van der Waals surface area contributed by atoms with Crippen LogP contribution in [0.1, 0.15) is 12.8 Å². The number of rotatable bonds is 3. The predicted molar refractivity (Wildman–Crippen MR) is 60.5 cm³/mol. The molecule has 1 saturated heterocycles. The van der Waals surface area contributed by atoms with Crippen LogP contribution >= 0.6 is 0 Å². The molecule has 0 amide bonds. The zero-order valence-corrected chi connectivity index (χ0v) is 9.19. The highest BCUT2D eigenvalue weighted by Crippen LogP contribution is 2.22. The Morgan fingerprint density at radius 3 is 2.71 bits per heavy atom. The van der Waals surface area contributed by atoms with Gasteiger partial charge in [-0.25, -0.2) is 4.39 Å². The molecule has 1 aliphatic heterocycles. The van der Waals surface area contributed by atoms with Crippen molar-refractivity contribution in [2.45, 2.75) is 18.9 Å². The molecule has 0 aliphatic carbocycles. The van der Waals surface area contributed by atoms with Gasteiger partial charge < -0.3 is 10.1 Å². The minimum atomic E-state index is -0.610. The Bertz CT molecular complexity index is 419. The summed E-state index contributed by atoms with van der Waals surface area (Å²) < 4.78 is 18.8. The Balaban J connectivity index is 2.08. The highest BCUT2D eigenvalue weighted by molar-refractivity contribution is 5.50. The van der Waals surface area contributed by atoms with E-state index in [4.69, 9.17) is 4.74 Å². The lowest BCUT2D eigenvalue weighted by Gasteiger charge is -2.24. The van der Waals surface area contributed by atoms with Crippen molar-refractivity contribution in [1.82, 2.24) is 0 Å². The largest absolute Gasteiger partial charge is 0.381 e. The minimum Gasteiger partial charge on any atom is -0.381 e. The molecule has 1 aromatic carbocycles. The number of benzene rings is 1. The normalized spacial score (nSPS) is 16.8. The van der Waals surface area contributed by atoms with Gasteiger partial charge in [-0.3, -0.25) is 10.1 Å². The van der Waals surface area contributed by atoms with E-state index in [2.05, 4.69) is 5.32 Å². The van der Waals surface area contributed by atoms with Crippen molar-refractivity contribution in [3.8, 4) is 0 Å². The molecule has 0 saturated carbocycles. The Morgan fingerprint density at radius 1 is 1.41 bits per heavy atom. The lowest BCUT2D eigenvalue weighted by Crippen LogP contribution is -2.28. The van der Waals surface area contributed by atoms with Crippen LogP contribution in [0.25, 0.3) is 0 Å². The van der Waals surface area contributed by atoms with Gasteiger partial charge >= 0.3 is 0 Å². The lowest BCUT2D eigenvalue weighted by molar-refractivity contribution is -0.385. The van der Waals surface area contributed by atoms with Crippen LogP contribution in [0.2, 0.25) is 0 Å². The molecule has 5 nitrogen and oxygen atoms in total. The third-order valence-electron chi connectivity index (χ3n) is 2.74. The number of halogens is 1. The van der Waals surface area contributed by atoms with Crippen molar-refractivity contribution >= 4 is 11.4 Å². The van der Waals surface area contributed by atoms with E-state index in [0.717, 1.165) is 18.9 Å². The summed E-state index contributed by atoms with van der Waals surface area (Å²) in [5, 5.41) is 13.5. The molecule has 0 aromatic heterocycles. The molecule has 0 radical (unpaired) electrons. The maximum absolute atomic E-state index is 13.6. The summed E-state index contributed by atoms with van der Waals surface area (Å²) in [6.07, 6.45) is 1.63. The minimum absolute atomic E-state index is 0.166. The maximum atomic E-state index is 13.6. The first kappa shape index (κ1) is 11.8. The summed E-state index contributed by atoms with van der Waals surface area (Å²) in [5.41, 5.74) is 0.0718. The van der Waals surface area contributed by atoms with Crippen molar-refractivity contribution in [3.63, 3.8) is 0 Å². The van der Waals surface area contributed by atoms with E-state index in [1.807, 2.05) is 0 Å². The highest BCUT2D eigenvalue weighted by Gasteiger charge is 2.16. The van der Waals surface area contributed by atoms with E-state index in [1.165, 1.54) is 12.1 Å². The number of nitrogens with one attached hydrogen (secondary N) is 1. The molecule has 2 rings (SSSR count). The van der Waals surface area contributed by atoms with Gasteiger partial charge in [-0.15, -0.1) is 0 Å². The first-order chi connectivity index (χ1) is 8.16. The third kappa shape index (κ3) is 2.91. The van der Waals surface area contributed by atoms with Gasteiger partial charge in [-0.2, -0.15) is 0 Å². The van der Waals surface area contributed by atoms with Gasteiger partial charge in [0.05, 0.1) is 16.7 Å².